The number of aliphatic carboxylic acids is 1. The molecule has 3 aromatic rings. The van der Waals surface area contributed by atoms with Crippen molar-refractivity contribution in [3.63, 3.8) is 0 Å². The summed E-state index contributed by atoms with van der Waals surface area (Å²) in [7, 11) is -2.15. The fraction of sp³-hybridized carbons (Fsp3) is 0.423. The zero-order chi connectivity index (χ0) is 25.8. The number of carboxylic acids is 1. The molecule has 0 radical (unpaired) electrons. The van der Waals surface area contributed by atoms with Crippen LogP contribution in [0.25, 0.3) is 22.4 Å². The number of furan rings is 1. The molecule has 2 aliphatic rings. The summed E-state index contributed by atoms with van der Waals surface area (Å²) in [6, 6.07) is 9.45. The lowest BCUT2D eigenvalue weighted by molar-refractivity contribution is -0.138. The van der Waals surface area contributed by atoms with Gasteiger partial charge in [-0.25, -0.2) is 8.42 Å². The van der Waals surface area contributed by atoms with Gasteiger partial charge in [-0.3, -0.25) is 13.9 Å². The third kappa shape index (κ3) is 4.57. The number of nitrogens with one attached hydrogen (secondary N) is 1. The molecule has 0 aliphatic heterocycles. The normalized spacial score (nSPS) is 19.3. The van der Waals surface area contributed by atoms with E-state index in [4.69, 9.17) is 4.42 Å². The van der Waals surface area contributed by atoms with E-state index < -0.39 is 21.9 Å². The Bertz CT molecular complexity index is 1460. The standard InChI is InChI=1S/C26H29N3O6S/c1-14-4-6-16(7-5-14)22-21(24(30)27-2)20-13-18(15-8-9-15)23(28-25(20)35-22)29(36(3,33)34)11-10-17-12-19(17)26(31)32/h4-7,13,15,17,19H,8-12H2,1-3H3,(H,27,30)(H,31,32)/t17?,19-/m1/s1. The van der Waals surface area contributed by atoms with E-state index in [0.29, 0.717) is 35.4 Å². The average Bonchev–Trinajstić information content (AvgIpc) is 3.75. The van der Waals surface area contributed by atoms with Crippen LogP contribution in [0.1, 0.15) is 53.1 Å². The Hall–Kier alpha value is -3.40. The number of hydrogen-bond acceptors (Lipinski definition) is 6. The number of carbonyl (C=O) groups excluding carboxylic acids is 1. The molecule has 36 heavy (non-hydrogen) atoms. The Morgan fingerprint density at radius 1 is 1.22 bits per heavy atom. The van der Waals surface area contributed by atoms with E-state index in [1.54, 1.807) is 7.05 Å². The number of pyridine rings is 1. The summed E-state index contributed by atoms with van der Waals surface area (Å²) in [4.78, 5) is 28.9. The SMILES string of the molecule is CNC(=O)c1c(-c2ccc(C)cc2)oc2nc(N(CCC3C[C@H]3C(=O)O)S(C)(=O)=O)c(C3CC3)cc12. The van der Waals surface area contributed by atoms with Gasteiger partial charge in [0.15, 0.2) is 0 Å². The molecule has 2 atom stereocenters. The Morgan fingerprint density at radius 2 is 1.92 bits per heavy atom. The molecule has 10 heteroatoms. The summed E-state index contributed by atoms with van der Waals surface area (Å²) in [6.45, 7) is 2.11. The summed E-state index contributed by atoms with van der Waals surface area (Å²) in [6.07, 6.45) is 3.93. The number of benzene rings is 1. The lowest BCUT2D eigenvalue weighted by atomic mass is 10.0. The van der Waals surface area contributed by atoms with Crippen LogP contribution in [-0.4, -0.2) is 50.2 Å². The van der Waals surface area contributed by atoms with Gasteiger partial charge in [0.1, 0.15) is 11.6 Å². The van der Waals surface area contributed by atoms with Gasteiger partial charge in [0.05, 0.1) is 23.1 Å². The highest BCUT2D eigenvalue weighted by Crippen LogP contribution is 2.47. The average molecular weight is 512 g/mol. The first-order valence-electron chi connectivity index (χ1n) is 12.1. The molecule has 1 unspecified atom stereocenters. The molecule has 2 N–H and O–H groups in total. The topological polar surface area (TPSA) is 130 Å². The molecule has 5 rings (SSSR count). The third-order valence-electron chi connectivity index (χ3n) is 7.06. The van der Waals surface area contributed by atoms with E-state index in [2.05, 4.69) is 10.3 Å². The maximum atomic E-state index is 12.9. The number of aromatic nitrogens is 1. The molecule has 0 saturated heterocycles. The quantitative estimate of drug-likeness (QED) is 0.445. The number of carbonyl (C=O) groups is 2. The smallest absolute Gasteiger partial charge is 0.306 e. The molecular weight excluding hydrogens is 482 g/mol. The summed E-state index contributed by atoms with van der Waals surface area (Å²) in [5.41, 5.74) is 3.11. The van der Waals surface area contributed by atoms with E-state index in [1.165, 1.54) is 4.31 Å². The maximum absolute atomic E-state index is 12.9. The van der Waals surface area contributed by atoms with E-state index in [-0.39, 0.29) is 30.0 Å². The Kier molecular flexibility index (Phi) is 6.02. The first-order chi connectivity index (χ1) is 17.1. The molecule has 2 aromatic heterocycles. The molecular formula is C26H29N3O6S. The summed E-state index contributed by atoms with van der Waals surface area (Å²) in [5, 5.41) is 12.4. The second-order valence-electron chi connectivity index (χ2n) is 9.84. The number of hydrogen-bond donors (Lipinski definition) is 2. The third-order valence-corrected chi connectivity index (χ3v) is 8.21. The van der Waals surface area contributed by atoms with Gasteiger partial charge >= 0.3 is 5.97 Å². The van der Waals surface area contributed by atoms with E-state index in [1.807, 2.05) is 37.3 Å². The van der Waals surface area contributed by atoms with Gasteiger partial charge in [0, 0.05) is 19.2 Å². The van der Waals surface area contributed by atoms with E-state index in [0.717, 1.165) is 35.8 Å². The van der Waals surface area contributed by atoms with Crippen LogP contribution in [0.2, 0.25) is 0 Å². The predicted molar refractivity (Wildman–Crippen MR) is 136 cm³/mol. The lowest BCUT2D eigenvalue weighted by Crippen LogP contribution is -2.33. The minimum atomic E-state index is -3.70. The number of nitrogens with zero attached hydrogens (tertiary/aromatic N) is 2. The Morgan fingerprint density at radius 3 is 2.47 bits per heavy atom. The van der Waals surface area contributed by atoms with Crippen LogP contribution in [0.15, 0.2) is 34.7 Å². The number of aryl methyl sites for hydroxylation is 1. The highest BCUT2D eigenvalue weighted by Gasteiger charge is 2.43. The first kappa shape index (κ1) is 24.3. The summed E-state index contributed by atoms with van der Waals surface area (Å²) in [5.74, 6) is -0.793. The van der Waals surface area contributed by atoms with Crippen molar-refractivity contribution in [2.45, 2.75) is 38.5 Å². The predicted octanol–water partition coefficient (Wildman–Crippen LogP) is 3.92. The molecule has 1 amide bonds. The summed E-state index contributed by atoms with van der Waals surface area (Å²) >= 11 is 0. The molecule has 0 bridgehead atoms. The van der Waals surface area contributed by atoms with Crippen LogP contribution in [0.5, 0.6) is 0 Å². The van der Waals surface area contributed by atoms with Gasteiger partial charge in [-0.15, -0.1) is 0 Å². The van der Waals surface area contributed by atoms with Crippen molar-refractivity contribution in [3.05, 3.63) is 47.0 Å². The molecule has 2 aliphatic carbocycles. The van der Waals surface area contributed by atoms with Gasteiger partial charge in [-0.2, -0.15) is 4.98 Å². The lowest BCUT2D eigenvalue weighted by Gasteiger charge is -2.24. The van der Waals surface area contributed by atoms with Gasteiger partial charge < -0.3 is 14.8 Å². The number of amides is 1. The van der Waals surface area contributed by atoms with Crippen LogP contribution in [0.3, 0.4) is 0 Å². The van der Waals surface area contributed by atoms with Crippen molar-refractivity contribution in [2.24, 2.45) is 11.8 Å². The van der Waals surface area contributed by atoms with Crippen LogP contribution >= 0.6 is 0 Å². The van der Waals surface area contributed by atoms with Gasteiger partial charge in [0.2, 0.25) is 15.7 Å². The summed E-state index contributed by atoms with van der Waals surface area (Å²) < 4.78 is 33.1. The largest absolute Gasteiger partial charge is 0.481 e. The second kappa shape index (κ2) is 8.92. The monoisotopic (exact) mass is 511 g/mol. The van der Waals surface area contributed by atoms with Crippen molar-refractivity contribution in [3.8, 4) is 11.3 Å². The molecule has 2 heterocycles. The fourth-order valence-electron chi connectivity index (χ4n) is 4.76. The Labute approximate surface area is 209 Å². The molecule has 1 aromatic carbocycles. The van der Waals surface area contributed by atoms with Crippen molar-refractivity contribution in [1.29, 1.82) is 0 Å². The maximum Gasteiger partial charge on any atom is 0.306 e. The molecule has 0 spiro atoms. The van der Waals surface area contributed by atoms with Crippen LogP contribution in [0.4, 0.5) is 5.82 Å². The molecule has 2 fully saturated rings. The highest BCUT2D eigenvalue weighted by atomic mass is 32.2. The number of anilines is 1. The number of carboxylic acid groups (broad SMARTS) is 1. The number of sulfonamides is 1. The van der Waals surface area contributed by atoms with Gasteiger partial charge in [0.25, 0.3) is 5.91 Å². The van der Waals surface area contributed by atoms with Crippen molar-refractivity contribution < 1.29 is 27.5 Å². The Balaban J connectivity index is 1.63. The number of fused-ring (bicyclic) bond motifs is 1. The van der Waals surface area contributed by atoms with Gasteiger partial charge in [-0.1, -0.05) is 29.8 Å². The molecule has 190 valence electrons. The van der Waals surface area contributed by atoms with Crippen molar-refractivity contribution in [2.75, 3.05) is 24.2 Å². The van der Waals surface area contributed by atoms with Crippen LogP contribution in [-0.2, 0) is 14.8 Å². The van der Waals surface area contributed by atoms with Crippen LogP contribution in [0, 0.1) is 18.8 Å². The van der Waals surface area contributed by atoms with E-state index >= 15 is 0 Å². The van der Waals surface area contributed by atoms with Gasteiger partial charge in [-0.05, 0) is 56.1 Å². The zero-order valence-corrected chi connectivity index (χ0v) is 21.3. The first-order valence-corrected chi connectivity index (χ1v) is 13.9. The van der Waals surface area contributed by atoms with Crippen molar-refractivity contribution in [1.82, 2.24) is 10.3 Å². The van der Waals surface area contributed by atoms with Crippen LogP contribution < -0.4 is 9.62 Å². The molecule has 9 nitrogen and oxygen atoms in total. The molecule has 2 saturated carbocycles. The second-order valence-corrected chi connectivity index (χ2v) is 11.8. The highest BCUT2D eigenvalue weighted by molar-refractivity contribution is 7.92. The number of rotatable bonds is 9. The fourth-order valence-corrected chi connectivity index (χ4v) is 5.66. The van der Waals surface area contributed by atoms with E-state index in [9.17, 15) is 23.1 Å². The minimum absolute atomic E-state index is 0.0449. The minimum Gasteiger partial charge on any atom is -0.481 e. The van der Waals surface area contributed by atoms with Crippen molar-refractivity contribution >= 4 is 38.8 Å². The zero-order valence-electron chi connectivity index (χ0n) is 20.4.